The Hall–Kier alpha value is -1.75. The van der Waals surface area contributed by atoms with E-state index in [9.17, 15) is 4.79 Å². The molecule has 122 valence electrons. The van der Waals surface area contributed by atoms with Gasteiger partial charge in [0.15, 0.2) is 0 Å². The normalized spacial score (nSPS) is 17.4. The fraction of sp³-hybridized carbons (Fsp3) is 0.588. The molecular formula is C17H27N3O2. The molecule has 1 aromatic rings. The minimum Gasteiger partial charge on any atom is -0.495 e. The summed E-state index contributed by atoms with van der Waals surface area (Å²) in [6, 6.07) is 8.19. The van der Waals surface area contributed by atoms with Crippen LogP contribution in [-0.2, 0) is 4.79 Å². The third-order valence-corrected chi connectivity index (χ3v) is 4.10. The molecule has 0 spiro atoms. The summed E-state index contributed by atoms with van der Waals surface area (Å²) in [5, 5.41) is 2.99. The van der Waals surface area contributed by atoms with Crippen molar-refractivity contribution < 1.29 is 9.53 Å². The van der Waals surface area contributed by atoms with E-state index in [4.69, 9.17) is 4.74 Å². The lowest BCUT2D eigenvalue weighted by atomic mass is 10.2. The van der Waals surface area contributed by atoms with E-state index < -0.39 is 0 Å². The molecule has 22 heavy (non-hydrogen) atoms. The van der Waals surface area contributed by atoms with Gasteiger partial charge in [-0.15, -0.1) is 0 Å². The van der Waals surface area contributed by atoms with E-state index in [1.807, 2.05) is 39.0 Å². The van der Waals surface area contributed by atoms with Gasteiger partial charge in [0.05, 0.1) is 18.8 Å². The molecule has 1 unspecified atom stereocenters. The summed E-state index contributed by atoms with van der Waals surface area (Å²) in [5.74, 6) is 1.02. The Labute approximate surface area is 133 Å². The summed E-state index contributed by atoms with van der Waals surface area (Å²) in [6.07, 6.45) is 0. The molecule has 5 nitrogen and oxygen atoms in total. The Morgan fingerprint density at radius 1 is 1.14 bits per heavy atom. The molecule has 1 aliphatic heterocycles. The lowest BCUT2D eigenvalue weighted by molar-refractivity contribution is -0.126. The second-order valence-corrected chi connectivity index (χ2v) is 6.03. The summed E-state index contributed by atoms with van der Waals surface area (Å²) >= 11 is 0. The Morgan fingerprint density at radius 3 is 2.36 bits per heavy atom. The molecule has 1 atom stereocenters. The highest BCUT2D eigenvalue weighted by Crippen LogP contribution is 2.28. The predicted octanol–water partition coefficient (Wildman–Crippen LogP) is 1.73. The van der Waals surface area contributed by atoms with Crippen LogP contribution in [0, 0.1) is 0 Å². The zero-order chi connectivity index (χ0) is 16.1. The third-order valence-electron chi connectivity index (χ3n) is 4.10. The van der Waals surface area contributed by atoms with Crippen LogP contribution >= 0.6 is 0 Å². The summed E-state index contributed by atoms with van der Waals surface area (Å²) in [6.45, 7) is 9.53. The van der Waals surface area contributed by atoms with Crippen molar-refractivity contribution in [1.29, 1.82) is 0 Å². The van der Waals surface area contributed by atoms with Crippen LogP contribution in [0.1, 0.15) is 20.8 Å². The second-order valence-electron chi connectivity index (χ2n) is 6.03. The number of hydrogen-bond donors (Lipinski definition) is 1. The largest absolute Gasteiger partial charge is 0.495 e. The molecule has 0 aliphatic carbocycles. The summed E-state index contributed by atoms with van der Waals surface area (Å²) in [4.78, 5) is 16.7. The molecule has 1 saturated heterocycles. The zero-order valence-electron chi connectivity index (χ0n) is 14.0. The summed E-state index contributed by atoms with van der Waals surface area (Å²) in [7, 11) is 1.70. The van der Waals surface area contributed by atoms with Gasteiger partial charge in [0.25, 0.3) is 0 Å². The first-order valence-corrected chi connectivity index (χ1v) is 7.95. The zero-order valence-corrected chi connectivity index (χ0v) is 14.0. The number of rotatable bonds is 5. The van der Waals surface area contributed by atoms with Crippen LogP contribution in [0.5, 0.6) is 5.75 Å². The molecule has 0 radical (unpaired) electrons. The summed E-state index contributed by atoms with van der Waals surface area (Å²) < 4.78 is 5.44. The van der Waals surface area contributed by atoms with Crippen molar-refractivity contribution in [2.24, 2.45) is 0 Å². The molecule has 1 fully saturated rings. The van der Waals surface area contributed by atoms with Gasteiger partial charge in [-0.3, -0.25) is 9.69 Å². The van der Waals surface area contributed by atoms with Crippen molar-refractivity contribution >= 4 is 11.6 Å². The van der Waals surface area contributed by atoms with Crippen molar-refractivity contribution in [1.82, 2.24) is 10.2 Å². The number of ether oxygens (including phenoxy) is 1. The maximum Gasteiger partial charge on any atom is 0.237 e. The van der Waals surface area contributed by atoms with Crippen molar-refractivity contribution in [2.45, 2.75) is 32.9 Å². The van der Waals surface area contributed by atoms with Crippen molar-refractivity contribution in [3.8, 4) is 5.75 Å². The van der Waals surface area contributed by atoms with Gasteiger partial charge in [0.2, 0.25) is 5.91 Å². The van der Waals surface area contributed by atoms with Crippen LogP contribution in [-0.4, -0.2) is 56.2 Å². The fourth-order valence-corrected chi connectivity index (χ4v) is 2.81. The lowest BCUT2D eigenvalue weighted by Gasteiger charge is -2.39. The van der Waals surface area contributed by atoms with E-state index in [0.29, 0.717) is 0 Å². The first kappa shape index (κ1) is 16.6. The van der Waals surface area contributed by atoms with Gasteiger partial charge in [-0.2, -0.15) is 0 Å². The second kappa shape index (κ2) is 7.49. The minimum atomic E-state index is -0.0813. The van der Waals surface area contributed by atoms with E-state index in [0.717, 1.165) is 37.6 Å². The smallest absolute Gasteiger partial charge is 0.237 e. The SMILES string of the molecule is COc1ccccc1N1CCN(C(C)C(=O)NC(C)C)CC1. The molecule has 1 amide bonds. The monoisotopic (exact) mass is 305 g/mol. The summed E-state index contributed by atoms with van der Waals surface area (Å²) in [5.41, 5.74) is 1.13. The Morgan fingerprint density at radius 2 is 1.77 bits per heavy atom. The number of carbonyl (C=O) groups excluding carboxylic acids is 1. The number of hydrogen-bond acceptors (Lipinski definition) is 4. The van der Waals surface area contributed by atoms with Gasteiger partial charge in [0.1, 0.15) is 5.75 Å². The van der Waals surface area contributed by atoms with Gasteiger partial charge in [-0.05, 0) is 32.9 Å². The van der Waals surface area contributed by atoms with E-state index in [1.165, 1.54) is 0 Å². The molecule has 1 aliphatic rings. The molecule has 1 aromatic carbocycles. The van der Waals surface area contributed by atoms with Crippen LogP contribution in [0.3, 0.4) is 0 Å². The van der Waals surface area contributed by atoms with Crippen LogP contribution in [0.2, 0.25) is 0 Å². The van der Waals surface area contributed by atoms with Gasteiger partial charge < -0.3 is 15.0 Å². The molecule has 2 rings (SSSR count). The number of piperazine rings is 1. The van der Waals surface area contributed by atoms with Crippen LogP contribution in [0.15, 0.2) is 24.3 Å². The molecule has 0 aromatic heterocycles. The number of amides is 1. The highest BCUT2D eigenvalue weighted by molar-refractivity contribution is 5.81. The minimum absolute atomic E-state index is 0.0813. The lowest BCUT2D eigenvalue weighted by Crippen LogP contribution is -2.54. The highest BCUT2D eigenvalue weighted by atomic mass is 16.5. The Kier molecular flexibility index (Phi) is 5.66. The molecule has 5 heteroatoms. The van der Waals surface area contributed by atoms with E-state index in [-0.39, 0.29) is 18.0 Å². The quantitative estimate of drug-likeness (QED) is 0.900. The van der Waals surface area contributed by atoms with Gasteiger partial charge in [-0.1, -0.05) is 12.1 Å². The highest BCUT2D eigenvalue weighted by Gasteiger charge is 2.26. The van der Waals surface area contributed by atoms with Gasteiger partial charge >= 0.3 is 0 Å². The Balaban J connectivity index is 1.94. The van der Waals surface area contributed by atoms with Crippen molar-refractivity contribution in [3.05, 3.63) is 24.3 Å². The average molecular weight is 305 g/mol. The van der Waals surface area contributed by atoms with Crippen molar-refractivity contribution in [2.75, 3.05) is 38.2 Å². The number of para-hydroxylation sites is 2. The topological polar surface area (TPSA) is 44.8 Å². The first-order valence-electron chi connectivity index (χ1n) is 7.95. The number of nitrogens with one attached hydrogen (secondary N) is 1. The van der Waals surface area contributed by atoms with Gasteiger partial charge in [-0.25, -0.2) is 0 Å². The van der Waals surface area contributed by atoms with E-state index in [1.54, 1.807) is 7.11 Å². The first-order chi connectivity index (χ1) is 10.5. The number of anilines is 1. The van der Waals surface area contributed by atoms with Gasteiger partial charge in [0, 0.05) is 32.2 Å². The molecule has 0 saturated carbocycles. The predicted molar refractivity (Wildman–Crippen MR) is 89.5 cm³/mol. The third kappa shape index (κ3) is 3.91. The number of nitrogens with zero attached hydrogens (tertiary/aromatic N) is 2. The van der Waals surface area contributed by atoms with Crippen LogP contribution in [0.4, 0.5) is 5.69 Å². The molecular weight excluding hydrogens is 278 g/mol. The molecule has 0 bridgehead atoms. The van der Waals surface area contributed by atoms with Crippen molar-refractivity contribution in [3.63, 3.8) is 0 Å². The Bertz CT molecular complexity index is 496. The molecule has 1 heterocycles. The van der Waals surface area contributed by atoms with E-state index in [2.05, 4.69) is 21.2 Å². The van der Waals surface area contributed by atoms with Crippen LogP contribution in [0.25, 0.3) is 0 Å². The maximum atomic E-state index is 12.1. The molecule has 1 N–H and O–H groups in total. The average Bonchev–Trinajstić information content (AvgIpc) is 2.53. The van der Waals surface area contributed by atoms with Crippen LogP contribution < -0.4 is 15.0 Å². The van der Waals surface area contributed by atoms with E-state index >= 15 is 0 Å². The maximum absolute atomic E-state index is 12.1. The standard InChI is InChI=1S/C17H27N3O2/c1-13(2)18-17(21)14(3)19-9-11-20(12-10-19)15-7-5-6-8-16(15)22-4/h5-8,13-14H,9-12H2,1-4H3,(H,18,21). The number of benzene rings is 1. The number of carbonyl (C=O) groups is 1. The number of methoxy groups -OCH3 is 1. The fourth-order valence-electron chi connectivity index (χ4n) is 2.81.